The summed E-state index contributed by atoms with van der Waals surface area (Å²) in [5.41, 5.74) is 12.8. The zero-order valence-electron chi connectivity index (χ0n) is 32.2. The van der Waals surface area contributed by atoms with Gasteiger partial charge >= 0.3 is 0 Å². The molecule has 8 rings (SSSR count). The molecule has 8 aromatic carbocycles. The fourth-order valence-corrected chi connectivity index (χ4v) is 7.42. The third-order valence-corrected chi connectivity index (χ3v) is 10.2. The highest BCUT2D eigenvalue weighted by molar-refractivity contribution is 5.88. The highest BCUT2D eigenvalue weighted by atomic mass is 16.5. The second-order valence-electron chi connectivity index (χ2n) is 14.4. The molecule has 0 aromatic heterocycles. The predicted octanol–water partition coefficient (Wildman–Crippen LogP) is 13.6. The van der Waals surface area contributed by atoms with Crippen molar-refractivity contribution in [2.24, 2.45) is 0 Å². The smallest absolute Gasteiger partial charge is 0.131 e. The van der Waals surface area contributed by atoms with Crippen LogP contribution in [0.5, 0.6) is 23.0 Å². The third-order valence-electron chi connectivity index (χ3n) is 10.2. The summed E-state index contributed by atoms with van der Waals surface area (Å²) in [6.07, 6.45) is 0.601. The maximum atomic E-state index is 11.8. The standard InChI is InChI=1S/C53H44O4/c1-36-30-44(40-20-11-5-12-21-40)52(54)48(32-36)46-34-42(38-16-7-3-8-17-38)24-26-50(46)56-28-15-29-57-51-27-25-43(39-18-9-4-10-19-39)35-47(51)49-33-37(2)31-45(53(49)55)41-22-13-6-14-23-41/h3-14,16-27,30-35,54-55H,15,28-29H2,1-2H3. The van der Waals surface area contributed by atoms with Gasteiger partial charge < -0.3 is 19.7 Å². The van der Waals surface area contributed by atoms with Gasteiger partial charge in [0.05, 0.1) is 13.2 Å². The van der Waals surface area contributed by atoms with E-state index in [9.17, 15) is 10.2 Å². The Labute approximate surface area is 334 Å². The lowest BCUT2D eigenvalue weighted by Gasteiger charge is -2.18. The molecule has 0 radical (unpaired) electrons. The van der Waals surface area contributed by atoms with Gasteiger partial charge in [-0.25, -0.2) is 0 Å². The van der Waals surface area contributed by atoms with Crippen LogP contribution < -0.4 is 9.47 Å². The Kier molecular flexibility index (Phi) is 10.9. The van der Waals surface area contributed by atoms with Crippen molar-refractivity contribution in [2.45, 2.75) is 20.3 Å². The number of benzene rings is 8. The van der Waals surface area contributed by atoms with Crippen molar-refractivity contribution in [1.29, 1.82) is 0 Å². The van der Waals surface area contributed by atoms with E-state index in [1.165, 1.54) is 0 Å². The van der Waals surface area contributed by atoms with E-state index in [1.54, 1.807) is 0 Å². The normalized spacial score (nSPS) is 11.0. The van der Waals surface area contributed by atoms with Gasteiger partial charge in [-0.15, -0.1) is 0 Å². The number of phenolic OH excluding ortho intramolecular Hbond substituents is 2. The minimum absolute atomic E-state index is 0.214. The monoisotopic (exact) mass is 744 g/mol. The maximum absolute atomic E-state index is 11.8. The molecule has 8 aromatic rings. The first-order valence-electron chi connectivity index (χ1n) is 19.4. The Bertz CT molecular complexity index is 2430. The van der Waals surface area contributed by atoms with Crippen LogP contribution in [0.25, 0.3) is 66.8 Å². The van der Waals surface area contributed by atoms with Crippen LogP contribution in [-0.2, 0) is 0 Å². The predicted molar refractivity (Wildman–Crippen MR) is 234 cm³/mol. The van der Waals surface area contributed by atoms with Gasteiger partial charge in [0.2, 0.25) is 0 Å². The van der Waals surface area contributed by atoms with E-state index in [4.69, 9.17) is 9.47 Å². The lowest BCUT2D eigenvalue weighted by molar-refractivity contribution is 0.248. The number of aryl methyl sites for hydroxylation is 2. The highest BCUT2D eigenvalue weighted by Crippen LogP contribution is 2.46. The van der Waals surface area contributed by atoms with Crippen molar-refractivity contribution in [3.05, 3.63) is 193 Å². The Morgan fingerprint density at radius 3 is 1.04 bits per heavy atom. The molecular formula is C53H44O4. The summed E-state index contributed by atoms with van der Waals surface area (Å²) in [4.78, 5) is 0. The molecule has 280 valence electrons. The first-order valence-corrected chi connectivity index (χ1v) is 19.4. The summed E-state index contributed by atoms with van der Waals surface area (Å²) in [6.45, 7) is 4.88. The summed E-state index contributed by atoms with van der Waals surface area (Å²) < 4.78 is 13.0. The molecule has 0 amide bonds. The molecule has 0 aliphatic rings. The molecule has 0 heterocycles. The fourth-order valence-electron chi connectivity index (χ4n) is 7.42. The number of rotatable bonds is 12. The first-order chi connectivity index (χ1) is 27.9. The minimum atomic E-state index is 0.214. The third kappa shape index (κ3) is 8.17. The molecule has 0 aliphatic heterocycles. The van der Waals surface area contributed by atoms with Crippen molar-refractivity contribution in [1.82, 2.24) is 0 Å². The summed E-state index contributed by atoms with van der Waals surface area (Å²) in [6, 6.07) is 60.8. The van der Waals surface area contributed by atoms with E-state index in [2.05, 4.69) is 48.5 Å². The molecule has 0 unspecified atom stereocenters. The average molecular weight is 745 g/mol. The molecule has 0 aliphatic carbocycles. The van der Waals surface area contributed by atoms with Crippen LogP contribution in [-0.4, -0.2) is 23.4 Å². The lowest BCUT2D eigenvalue weighted by atomic mass is 9.92. The largest absolute Gasteiger partial charge is 0.507 e. The van der Waals surface area contributed by atoms with Crippen molar-refractivity contribution in [3.8, 4) is 89.8 Å². The molecule has 4 nitrogen and oxygen atoms in total. The van der Waals surface area contributed by atoms with Gasteiger partial charge in [-0.05, 0) is 107 Å². The van der Waals surface area contributed by atoms with Gasteiger partial charge in [-0.3, -0.25) is 0 Å². The van der Waals surface area contributed by atoms with E-state index < -0.39 is 0 Å². The number of hydrogen-bond donors (Lipinski definition) is 2. The zero-order chi connectivity index (χ0) is 39.1. The molecule has 4 heteroatoms. The van der Waals surface area contributed by atoms with Crippen molar-refractivity contribution in [3.63, 3.8) is 0 Å². The molecule has 57 heavy (non-hydrogen) atoms. The van der Waals surface area contributed by atoms with E-state index >= 15 is 0 Å². The van der Waals surface area contributed by atoms with Crippen molar-refractivity contribution < 1.29 is 19.7 Å². The van der Waals surface area contributed by atoms with E-state index in [0.717, 1.165) is 66.8 Å². The van der Waals surface area contributed by atoms with Gasteiger partial charge in [0.25, 0.3) is 0 Å². The molecule has 2 N–H and O–H groups in total. The van der Waals surface area contributed by atoms with E-state index in [0.29, 0.717) is 42.3 Å². The SMILES string of the molecule is Cc1cc(-c2ccccc2)c(O)c(-c2cc(-c3ccccc3)ccc2OCCCOc2ccc(-c3ccccc3)cc2-c2cc(C)cc(-c3ccccc3)c2O)c1. The minimum Gasteiger partial charge on any atom is -0.507 e. The van der Waals surface area contributed by atoms with Gasteiger partial charge in [0, 0.05) is 39.8 Å². The summed E-state index contributed by atoms with van der Waals surface area (Å²) in [5.74, 6) is 1.79. The van der Waals surface area contributed by atoms with Crippen LogP contribution in [0.3, 0.4) is 0 Å². The topological polar surface area (TPSA) is 58.9 Å². The van der Waals surface area contributed by atoms with E-state index in [-0.39, 0.29) is 11.5 Å². The van der Waals surface area contributed by atoms with Crippen LogP contribution in [0.2, 0.25) is 0 Å². The maximum Gasteiger partial charge on any atom is 0.131 e. The van der Waals surface area contributed by atoms with Gasteiger partial charge in [0.1, 0.15) is 23.0 Å². The zero-order valence-corrected chi connectivity index (χ0v) is 32.2. The van der Waals surface area contributed by atoms with Crippen LogP contribution in [0, 0.1) is 13.8 Å². The Morgan fingerprint density at radius 2 is 0.667 bits per heavy atom. The summed E-state index contributed by atoms with van der Waals surface area (Å²) >= 11 is 0. The molecule has 0 bridgehead atoms. The van der Waals surface area contributed by atoms with Crippen molar-refractivity contribution >= 4 is 0 Å². The van der Waals surface area contributed by atoms with Gasteiger partial charge in [-0.1, -0.05) is 133 Å². The van der Waals surface area contributed by atoms with Crippen LogP contribution in [0.15, 0.2) is 182 Å². The summed E-state index contributed by atoms with van der Waals surface area (Å²) in [5, 5.41) is 23.6. The van der Waals surface area contributed by atoms with Gasteiger partial charge in [0.15, 0.2) is 0 Å². The Morgan fingerprint density at radius 1 is 0.333 bits per heavy atom. The first kappa shape index (κ1) is 36.9. The van der Waals surface area contributed by atoms with Crippen LogP contribution in [0.4, 0.5) is 0 Å². The Hall–Kier alpha value is -7.04. The quantitative estimate of drug-likeness (QED) is 0.122. The molecule has 0 saturated heterocycles. The molecule has 0 spiro atoms. The fraction of sp³-hybridized carbons (Fsp3) is 0.0943. The second kappa shape index (κ2) is 16.8. The molecule has 0 saturated carbocycles. The molecular weight excluding hydrogens is 701 g/mol. The summed E-state index contributed by atoms with van der Waals surface area (Å²) in [7, 11) is 0. The molecule has 0 fully saturated rings. The highest BCUT2D eigenvalue weighted by Gasteiger charge is 2.19. The van der Waals surface area contributed by atoms with Crippen LogP contribution in [0.1, 0.15) is 17.5 Å². The Balaban J connectivity index is 1.08. The number of ether oxygens (including phenoxy) is 2. The lowest BCUT2D eigenvalue weighted by Crippen LogP contribution is -2.06. The number of phenols is 2. The second-order valence-corrected chi connectivity index (χ2v) is 14.4. The average Bonchev–Trinajstić information content (AvgIpc) is 3.26. The van der Waals surface area contributed by atoms with E-state index in [1.807, 2.05) is 147 Å². The number of hydrogen-bond acceptors (Lipinski definition) is 4. The van der Waals surface area contributed by atoms with Gasteiger partial charge in [-0.2, -0.15) is 0 Å². The number of aromatic hydroxyl groups is 2. The van der Waals surface area contributed by atoms with Crippen molar-refractivity contribution in [2.75, 3.05) is 13.2 Å². The molecule has 0 atom stereocenters. The van der Waals surface area contributed by atoms with Crippen LogP contribution >= 0.6 is 0 Å².